The van der Waals surface area contributed by atoms with Crippen LogP contribution in [-0.2, 0) is 10.0 Å². The molecule has 1 unspecified atom stereocenters. The van der Waals surface area contributed by atoms with E-state index in [1.54, 1.807) is 11.2 Å². The van der Waals surface area contributed by atoms with Crippen molar-refractivity contribution in [3.05, 3.63) is 12.2 Å². The van der Waals surface area contributed by atoms with Gasteiger partial charge in [-0.1, -0.05) is 19.1 Å². The van der Waals surface area contributed by atoms with Gasteiger partial charge < -0.3 is 0 Å². The van der Waals surface area contributed by atoms with Gasteiger partial charge in [-0.05, 0) is 19.8 Å². The van der Waals surface area contributed by atoms with Crippen LogP contribution in [0.2, 0.25) is 0 Å². The Kier molecular flexibility index (Phi) is 3.50. The van der Waals surface area contributed by atoms with Crippen molar-refractivity contribution in [1.82, 2.24) is 4.31 Å². The molecule has 0 aliphatic carbocycles. The van der Waals surface area contributed by atoms with Crippen molar-refractivity contribution in [2.24, 2.45) is 0 Å². The third-order valence-corrected chi connectivity index (χ3v) is 4.87. The molecule has 3 nitrogen and oxygen atoms in total. The van der Waals surface area contributed by atoms with Crippen molar-refractivity contribution < 1.29 is 8.42 Å². The number of hydrogen-bond acceptors (Lipinski definition) is 2. The van der Waals surface area contributed by atoms with Crippen LogP contribution in [0.3, 0.4) is 0 Å². The van der Waals surface area contributed by atoms with Crippen LogP contribution in [0.1, 0.15) is 26.7 Å². The molecule has 0 aromatic heterocycles. The monoisotopic (exact) mass is 203 g/mol. The molecule has 4 heteroatoms. The topological polar surface area (TPSA) is 37.4 Å². The summed E-state index contributed by atoms with van der Waals surface area (Å²) in [6.45, 7) is 4.87. The molecule has 1 aliphatic heterocycles. The molecular weight excluding hydrogens is 186 g/mol. The third kappa shape index (κ3) is 2.31. The first-order valence-electron chi connectivity index (χ1n) is 4.73. The van der Waals surface area contributed by atoms with Crippen molar-refractivity contribution in [2.75, 3.05) is 13.1 Å². The van der Waals surface area contributed by atoms with Gasteiger partial charge in [0, 0.05) is 13.1 Å². The van der Waals surface area contributed by atoms with E-state index in [2.05, 4.69) is 0 Å². The van der Waals surface area contributed by atoms with Gasteiger partial charge in [-0.15, -0.1) is 0 Å². The van der Waals surface area contributed by atoms with Crippen LogP contribution in [0.25, 0.3) is 0 Å². The Labute approximate surface area is 80.5 Å². The van der Waals surface area contributed by atoms with E-state index in [9.17, 15) is 8.42 Å². The van der Waals surface area contributed by atoms with E-state index >= 15 is 0 Å². The Morgan fingerprint density at radius 2 is 2.15 bits per heavy atom. The minimum absolute atomic E-state index is 0.251. The van der Waals surface area contributed by atoms with Crippen molar-refractivity contribution in [1.29, 1.82) is 0 Å². The second-order valence-electron chi connectivity index (χ2n) is 3.38. The van der Waals surface area contributed by atoms with Gasteiger partial charge in [-0.2, -0.15) is 4.31 Å². The van der Waals surface area contributed by atoms with Gasteiger partial charge in [0.25, 0.3) is 0 Å². The maximum absolute atomic E-state index is 11.8. The minimum atomic E-state index is -3.03. The second kappa shape index (κ2) is 4.24. The second-order valence-corrected chi connectivity index (χ2v) is 5.73. The fourth-order valence-corrected chi connectivity index (χ4v) is 2.90. The quantitative estimate of drug-likeness (QED) is 0.650. The summed E-state index contributed by atoms with van der Waals surface area (Å²) in [5, 5.41) is -0.251. The average Bonchev–Trinajstić information content (AvgIpc) is 2.18. The molecule has 0 fully saturated rings. The van der Waals surface area contributed by atoms with Gasteiger partial charge >= 0.3 is 0 Å². The number of nitrogens with zero attached hydrogens (tertiary/aromatic N) is 1. The minimum Gasteiger partial charge on any atom is -0.212 e. The van der Waals surface area contributed by atoms with Gasteiger partial charge in [0.1, 0.15) is 0 Å². The standard InChI is InChI=1S/C9H17NO2S/c1-3-9(2)13(11,12)10-7-5-4-6-8-10/h4-5,9H,3,6-8H2,1-2H3. The Bertz CT molecular complexity index is 282. The number of sulfonamides is 1. The van der Waals surface area contributed by atoms with Crippen molar-refractivity contribution in [3.63, 3.8) is 0 Å². The molecule has 0 saturated heterocycles. The SMILES string of the molecule is CCC(C)S(=O)(=O)N1CC=CCC1. The highest BCUT2D eigenvalue weighted by Gasteiger charge is 2.26. The predicted octanol–water partition coefficient (Wildman–Crippen LogP) is 1.38. The third-order valence-electron chi connectivity index (χ3n) is 2.46. The maximum Gasteiger partial charge on any atom is 0.216 e. The van der Waals surface area contributed by atoms with E-state index in [-0.39, 0.29) is 5.25 Å². The van der Waals surface area contributed by atoms with Crippen LogP contribution in [0.5, 0.6) is 0 Å². The summed E-state index contributed by atoms with van der Waals surface area (Å²) in [6, 6.07) is 0. The zero-order chi connectivity index (χ0) is 9.90. The highest BCUT2D eigenvalue weighted by atomic mass is 32.2. The lowest BCUT2D eigenvalue weighted by molar-refractivity contribution is 0.429. The smallest absolute Gasteiger partial charge is 0.212 e. The molecule has 13 heavy (non-hydrogen) atoms. The molecule has 0 bridgehead atoms. The molecule has 1 atom stereocenters. The molecule has 1 aliphatic rings. The molecule has 0 saturated carbocycles. The normalized spacial score (nSPS) is 21.7. The lowest BCUT2D eigenvalue weighted by atomic mass is 10.3. The molecule has 1 rings (SSSR count). The first-order valence-corrected chi connectivity index (χ1v) is 6.23. The Balaban J connectivity index is 2.74. The van der Waals surface area contributed by atoms with E-state index in [1.807, 2.05) is 19.1 Å². The van der Waals surface area contributed by atoms with Crippen LogP contribution in [0.15, 0.2) is 12.2 Å². The van der Waals surface area contributed by atoms with E-state index in [0.717, 1.165) is 6.42 Å². The van der Waals surface area contributed by atoms with E-state index in [4.69, 9.17) is 0 Å². The van der Waals surface area contributed by atoms with E-state index < -0.39 is 10.0 Å². The molecule has 0 N–H and O–H groups in total. The summed E-state index contributed by atoms with van der Waals surface area (Å²) < 4.78 is 25.2. The summed E-state index contributed by atoms with van der Waals surface area (Å²) in [6.07, 6.45) is 5.48. The van der Waals surface area contributed by atoms with Crippen molar-refractivity contribution in [2.45, 2.75) is 31.9 Å². The average molecular weight is 203 g/mol. The maximum atomic E-state index is 11.8. The summed E-state index contributed by atoms with van der Waals surface area (Å²) >= 11 is 0. The molecule has 0 amide bonds. The predicted molar refractivity (Wildman–Crippen MR) is 54.0 cm³/mol. The zero-order valence-electron chi connectivity index (χ0n) is 8.23. The van der Waals surface area contributed by atoms with Gasteiger partial charge in [-0.3, -0.25) is 0 Å². The first kappa shape index (κ1) is 10.7. The van der Waals surface area contributed by atoms with Gasteiger partial charge in [0.2, 0.25) is 10.0 Å². The fraction of sp³-hybridized carbons (Fsp3) is 0.778. The van der Waals surface area contributed by atoms with Crippen LogP contribution in [0.4, 0.5) is 0 Å². The highest BCUT2D eigenvalue weighted by Crippen LogP contribution is 2.14. The van der Waals surface area contributed by atoms with Gasteiger partial charge in [-0.25, -0.2) is 8.42 Å². The summed E-state index contributed by atoms with van der Waals surface area (Å²) in [4.78, 5) is 0. The van der Waals surface area contributed by atoms with Crippen LogP contribution >= 0.6 is 0 Å². The molecule has 0 radical (unpaired) electrons. The molecule has 0 spiro atoms. The molecule has 1 heterocycles. The Hall–Kier alpha value is -0.350. The van der Waals surface area contributed by atoms with E-state index in [1.165, 1.54) is 0 Å². The zero-order valence-corrected chi connectivity index (χ0v) is 9.05. The largest absolute Gasteiger partial charge is 0.216 e. The van der Waals surface area contributed by atoms with Crippen LogP contribution in [0, 0.1) is 0 Å². The summed E-state index contributed by atoms with van der Waals surface area (Å²) in [5.74, 6) is 0. The van der Waals surface area contributed by atoms with Gasteiger partial charge in [0.05, 0.1) is 5.25 Å². The summed E-state index contributed by atoms with van der Waals surface area (Å²) in [7, 11) is -3.03. The van der Waals surface area contributed by atoms with Crippen LogP contribution in [-0.4, -0.2) is 31.1 Å². The molecule has 76 valence electrons. The van der Waals surface area contributed by atoms with E-state index in [0.29, 0.717) is 19.5 Å². The van der Waals surface area contributed by atoms with Gasteiger partial charge in [0.15, 0.2) is 0 Å². The first-order chi connectivity index (χ1) is 6.09. The summed E-state index contributed by atoms with van der Waals surface area (Å²) in [5.41, 5.74) is 0. The molecule has 0 aromatic rings. The fourth-order valence-electron chi connectivity index (χ4n) is 1.32. The molecule has 0 aromatic carbocycles. The lowest BCUT2D eigenvalue weighted by Crippen LogP contribution is -2.39. The molecular formula is C9H17NO2S. The number of hydrogen-bond donors (Lipinski definition) is 0. The van der Waals surface area contributed by atoms with Crippen molar-refractivity contribution >= 4 is 10.0 Å². The Morgan fingerprint density at radius 3 is 2.62 bits per heavy atom. The lowest BCUT2D eigenvalue weighted by Gasteiger charge is -2.25. The number of rotatable bonds is 3. The Morgan fingerprint density at radius 1 is 1.46 bits per heavy atom. The highest BCUT2D eigenvalue weighted by molar-refractivity contribution is 7.89. The van der Waals surface area contributed by atoms with Crippen molar-refractivity contribution in [3.8, 4) is 0 Å². The van der Waals surface area contributed by atoms with Crippen LogP contribution < -0.4 is 0 Å².